The Bertz CT molecular complexity index is 909. The third-order valence-corrected chi connectivity index (χ3v) is 5.22. The van der Waals surface area contributed by atoms with Crippen LogP contribution in [-0.4, -0.2) is 12.6 Å². The molecule has 3 nitrogen and oxygen atoms in total. The average Bonchev–Trinajstić information content (AvgIpc) is 2.57. The van der Waals surface area contributed by atoms with Crippen molar-refractivity contribution in [3.8, 4) is 11.5 Å². The molecule has 0 bridgehead atoms. The Kier molecular flexibility index (Phi) is 5.58. The number of ether oxygens (including phenoxy) is 2. The second-order valence-corrected chi connectivity index (χ2v) is 7.50. The van der Waals surface area contributed by atoms with Gasteiger partial charge in [0.1, 0.15) is 11.5 Å². The third-order valence-electron chi connectivity index (χ3n) is 3.29. The summed E-state index contributed by atoms with van der Waals surface area (Å²) in [5.74, 6) is 0.572. The van der Waals surface area contributed by atoms with E-state index in [0.29, 0.717) is 16.0 Å². The van der Waals surface area contributed by atoms with Gasteiger partial charge in [0, 0.05) is 4.47 Å². The Balaban J connectivity index is 1.69. The van der Waals surface area contributed by atoms with Gasteiger partial charge in [-0.3, -0.25) is 0 Å². The maximum Gasteiger partial charge on any atom is 0.349 e. The number of hydrogen-bond acceptors (Lipinski definition) is 3. The first kappa shape index (κ1) is 17.5. The zero-order chi connectivity index (χ0) is 17.1. The molecule has 24 heavy (non-hydrogen) atoms. The lowest BCUT2D eigenvalue weighted by Gasteiger charge is -2.11. The largest absolute Gasteiger partial charge is 0.481 e. The van der Waals surface area contributed by atoms with Gasteiger partial charge in [-0.2, -0.15) is 0 Å². The molecule has 0 N–H and O–H groups in total. The zero-order valence-electron chi connectivity index (χ0n) is 12.3. The number of esters is 1. The fourth-order valence-corrected chi connectivity index (χ4v) is 3.91. The van der Waals surface area contributed by atoms with Crippen LogP contribution in [0.1, 0.15) is 0 Å². The molecule has 6 heteroatoms. The first-order valence-electron chi connectivity index (χ1n) is 7.00. The molecule has 0 aliphatic heterocycles. The highest BCUT2D eigenvalue weighted by Crippen LogP contribution is 2.33. The number of hydrogen-bond donors (Lipinski definition) is 0. The predicted octanol–water partition coefficient (Wildman–Crippen LogP) is 6.11. The van der Waals surface area contributed by atoms with Gasteiger partial charge in [-0.15, -0.1) is 0 Å². The van der Waals surface area contributed by atoms with Crippen LogP contribution in [0, 0.1) is 0 Å². The van der Waals surface area contributed by atoms with Crippen LogP contribution >= 0.6 is 47.8 Å². The molecule has 0 spiro atoms. The standard InChI is InChI=1S/C18H11Br3O3/c19-12-6-8-15(14(20)9-12)24-17(22)10-23-16-7-5-11-3-1-2-4-13(11)18(16)21/h1-9H,10H2. The van der Waals surface area contributed by atoms with Crippen LogP contribution in [0.2, 0.25) is 0 Å². The Hall–Kier alpha value is -1.37. The molecular weight excluding hydrogens is 504 g/mol. The summed E-state index contributed by atoms with van der Waals surface area (Å²) in [7, 11) is 0. The summed E-state index contributed by atoms with van der Waals surface area (Å²) in [4.78, 5) is 12.0. The topological polar surface area (TPSA) is 35.5 Å². The molecule has 0 radical (unpaired) electrons. The van der Waals surface area contributed by atoms with E-state index in [1.165, 1.54) is 0 Å². The number of rotatable bonds is 4. The van der Waals surface area contributed by atoms with Crippen molar-refractivity contribution in [1.82, 2.24) is 0 Å². The van der Waals surface area contributed by atoms with E-state index in [4.69, 9.17) is 9.47 Å². The van der Waals surface area contributed by atoms with Crippen LogP contribution < -0.4 is 9.47 Å². The second kappa shape index (κ2) is 7.68. The van der Waals surface area contributed by atoms with Gasteiger partial charge in [-0.1, -0.05) is 46.3 Å². The smallest absolute Gasteiger partial charge is 0.349 e. The van der Waals surface area contributed by atoms with Gasteiger partial charge in [0.15, 0.2) is 6.61 Å². The number of fused-ring (bicyclic) bond motifs is 1. The Morgan fingerprint density at radius 3 is 2.46 bits per heavy atom. The fourth-order valence-electron chi connectivity index (χ4n) is 2.17. The van der Waals surface area contributed by atoms with E-state index in [0.717, 1.165) is 19.7 Å². The van der Waals surface area contributed by atoms with Gasteiger partial charge in [0.2, 0.25) is 0 Å². The third kappa shape index (κ3) is 3.99. The molecule has 0 aromatic heterocycles. The van der Waals surface area contributed by atoms with Crippen molar-refractivity contribution in [2.75, 3.05) is 6.61 Å². The molecule has 0 aliphatic carbocycles. The summed E-state index contributed by atoms with van der Waals surface area (Å²) in [6.07, 6.45) is 0. The summed E-state index contributed by atoms with van der Waals surface area (Å²) in [5.41, 5.74) is 0. The predicted molar refractivity (Wildman–Crippen MR) is 105 cm³/mol. The SMILES string of the molecule is O=C(COc1ccc2ccccc2c1Br)Oc1ccc(Br)cc1Br. The molecule has 0 fully saturated rings. The second-order valence-electron chi connectivity index (χ2n) is 4.94. The summed E-state index contributed by atoms with van der Waals surface area (Å²) < 4.78 is 13.3. The van der Waals surface area contributed by atoms with Crippen LogP contribution in [0.25, 0.3) is 10.8 Å². The van der Waals surface area contributed by atoms with Gasteiger partial charge >= 0.3 is 5.97 Å². The molecule has 0 amide bonds. The minimum atomic E-state index is -0.474. The summed E-state index contributed by atoms with van der Waals surface area (Å²) >= 11 is 10.2. The van der Waals surface area contributed by atoms with E-state index in [1.807, 2.05) is 42.5 Å². The van der Waals surface area contributed by atoms with Crippen molar-refractivity contribution in [1.29, 1.82) is 0 Å². The number of benzene rings is 3. The lowest BCUT2D eigenvalue weighted by molar-refractivity contribution is -0.136. The minimum absolute atomic E-state index is 0.181. The molecule has 0 heterocycles. The molecule has 0 saturated carbocycles. The van der Waals surface area contributed by atoms with Gasteiger partial charge in [-0.25, -0.2) is 4.79 Å². The van der Waals surface area contributed by atoms with E-state index >= 15 is 0 Å². The van der Waals surface area contributed by atoms with Gasteiger partial charge in [0.25, 0.3) is 0 Å². The van der Waals surface area contributed by atoms with Crippen LogP contribution in [0.15, 0.2) is 68.0 Å². The fraction of sp³-hybridized carbons (Fsp3) is 0.0556. The number of carbonyl (C=O) groups excluding carboxylic acids is 1. The quantitative estimate of drug-likeness (QED) is 0.311. The van der Waals surface area contributed by atoms with Gasteiger partial charge < -0.3 is 9.47 Å². The molecule has 3 aromatic carbocycles. The highest BCUT2D eigenvalue weighted by molar-refractivity contribution is 9.11. The monoisotopic (exact) mass is 512 g/mol. The number of carbonyl (C=O) groups is 1. The van der Waals surface area contributed by atoms with E-state index in [1.54, 1.807) is 12.1 Å². The highest BCUT2D eigenvalue weighted by atomic mass is 79.9. The molecule has 3 rings (SSSR count). The lowest BCUT2D eigenvalue weighted by Crippen LogP contribution is -2.18. The molecule has 0 unspecified atom stereocenters. The molecule has 0 atom stereocenters. The summed E-state index contributed by atoms with van der Waals surface area (Å²) in [5, 5.41) is 2.12. The van der Waals surface area contributed by atoms with Crippen molar-refractivity contribution >= 4 is 64.5 Å². The molecular formula is C18H11Br3O3. The Morgan fingerprint density at radius 2 is 1.67 bits per heavy atom. The van der Waals surface area contributed by atoms with Crippen molar-refractivity contribution < 1.29 is 14.3 Å². The average molecular weight is 515 g/mol. The molecule has 0 aliphatic rings. The summed E-state index contributed by atoms with van der Waals surface area (Å²) in [6.45, 7) is -0.181. The van der Waals surface area contributed by atoms with Crippen LogP contribution in [-0.2, 0) is 4.79 Å². The zero-order valence-corrected chi connectivity index (χ0v) is 17.0. The molecule has 122 valence electrons. The summed E-state index contributed by atoms with van der Waals surface area (Å²) in [6, 6.07) is 17.0. The first-order valence-corrected chi connectivity index (χ1v) is 9.38. The Morgan fingerprint density at radius 1 is 0.917 bits per heavy atom. The minimum Gasteiger partial charge on any atom is -0.481 e. The first-order chi connectivity index (χ1) is 11.5. The lowest BCUT2D eigenvalue weighted by atomic mass is 10.1. The van der Waals surface area contributed by atoms with E-state index < -0.39 is 5.97 Å². The Labute approximate surface area is 164 Å². The van der Waals surface area contributed by atoms with E-state index in [2.05, 4.69) is 47.8 Å². The van der Waals surface area contributed by atoms with E-state index in [-0.39, 0.29) is 6.61 Å². The van der Waals surface area contributed by atoms with Gasteiger partial charge in [0.05, 0.1) is 8.95 Å². The highest BCUT2D eigenvalue weighted by Gasteiger charge is 2.12. The maximum atomic E-state index is 12.0. The van der Waals surface area contributed by atoms with Gasteiger partial charge in [-0.05, 0) is 66.9 Å². The van der Waals surface area contributed by atoms with Crippen molar-refractivity contribution in [3.63, 3.8) is 0 Å². The van der Waals surface area contributed by atoms with Crippen LogP contribution in [0.4, 0.5) is 0 Å². The van der Waals surface area contributed by atoms with Crippen LogP contribution in [0.3, 0.4) is 0 Å². The normalized spacial score (nSPS) is 10.6. The maximum absolute atomic E-state index is 12.0. The van der Waals surface area contributed by atoms with Crippen molar-refractivity contribution in [3.05, 3.63) is 68.0 Å². The molecule has 3 aromatic rings. The van der Waals surface area contributed by atoms with Crippen LogP contribution in [0.5, 0.6) is 11.5 Å². The molecule has 0 saturated heterocycles. The van der Waals surface area contributed by atoms with E-state index in [9.17, 15) is 4.79 Å². The van der Waals surface area contributed by atoms with Crippen molar-refractivity contribution in [2.24, 2.45) is 0 Å². The van der Waals surface area contributed by atoms with Crippen molar-refractivity contribution in [2.45, 2.75) is 0 Å². The number of halogens is 3.